The first-order valence-electron chi connectivity index (χ1n) is 6.75. The Kier molecular flexibility index (Phi) is 4.80. The van der Waals surface area contributed by atoms with Crippen LogP contribution in [0.1, 0.15) is 44.2 Å². The zero-order valence-corrected chi connectivity index (χ0v) is 10.6. The monoisotopic (exact) mass is 233 g/mol. The minimum Gasteiger partial charge on any atom is -0.308 e. The fourth-order valence-corrected chi connectivity index (χ4v) is 1.97. The third kappa shape index (κ3) is 4.35. The second kappa shape index (κ2) is 6.60. The molecule has 1 aliphatic rings. The molecule has 0 aromatic carbocycles. The molecule has 1 heterocycles. The molecule has 0 bridgehead atoms. The molecule has 3 heteroatoms. The van der Waals surface area contributed by atoms with Crippen LogP contribution >= 0.6 is 0 Å². The Bertz CT molecular complexity index is 339. The van der Waals surface area contributed by atoms with Crippen molar-refractivity contribution in [3.63, 3.8) is 0 Å². The summed E-state index contributed by atoms with van der Waals surface area (Å²) in [6.07, 6.45) is 11.5. The van der Waals surface area contributed by atoms with E-state index < -0.39 is 0 Å². The van der Waals surface area contributed by atoms with Gasteiger partial charge in [0.2, 0.25) is 0 Å². The average molecular weight is 233 g/mol. The lowest BCUT2D eigenvalue weighted by Crippen LogP contribution is -2.18. The summed E-state index contributed by atoms with van der Waals surface area (Å²) in [5.74, 6) is 0. The highest BCUT2D eigenvalue weighted by atomic mass is 15.3. The molecule has 2 rings (SSSR count). The van der Waals surface area contributed by atoms with Crippen LogP contribution in [0.3, 0.4) is 0 Å². The lowest BCUT2D eigenvalue weighted by molar-refractivity contribution is 0.514. The van der Waals surface area contributed by atoms with Crippen molar-refractivity contribution in [2.75, 3.05) is 0 Å². The number of rotatable bonds is 9. The van der Waals surface area contributed by atoms with Crippen molar-refractivity contribution in [2.45, 2.75) is 57.7 Å². The number of nitrogens with one attached hydrogen (secondary N) is 1. The summed E-state index contributed by atoms with van der Waals surface area (Å²) in [7, 11) is 0. The van der Waals surface area contributed by atoms with Gasteiger partial charge in [-0.1, -0.05) is 12.5 Å². The van der Waals surface area contributed by atoms with E-state index in [1.807, 2.05) is 12.3 Å². The van der Waals surface area contributed by atoms with Gasteiger partial charge in [0.1, 0.15) is 0 Å². The van der Waals surface area contributed by atoms with E-state index in [0.29, 0.717) is 0 Å². The Morgan fingerprint density at radius 2 is 2.29 bits per heavy atom. The number of hydrogen-bond acceptors (Lipinski definition) is 2. The second-order valence-corrected chi connectivity index (χ2v) is 4.84. The molecule has 1 saturated carbocycles. The van der Waals surface area contributed by atoms with Gasteiger partial charge in [-0.05, 0) is 38.2 Å². The molecular formula is C14H23N3. The van der Waals surface area contributed by atoms with Crippen molar-refractivity contribution in [3.05, 3.63) is 30.6 Å². The lowest BCUT2D eigenvalue weighted by atomic mass is 10.2. The highest BCUT2D eigenvalue weighted by Gasteiger charge is 2.20. The van der Waals surface area contributed by atoms with Gasteiger partial charge in [0, 0.05) is 25.3 Å². The van der Waals surface area contributed by atoms with Crippen LogP contribution in [-0.2, 0) is 13.1 Å². The van der Waals surface area contributed by atoms with Crippen LogP contribution in [0.25, 0.3) is 0 Å². The standard InChI is InChI=1S/C14H23N3/c1-2-3-4-5-6-11-17-14(9-10-16-17)12-15-13-7-8-13/h2,9-10,13,15H,1,3-8,11-12H2. The van der Waals surface area contributed by atoms with Crippen LogP contribution in [0.4, 0.5) is 0 Å². The quantitative estimate of drug-likeness (QED) is 0.525. The zero-order valence-electron chi connectivity index (χ0n) is 10.6. The maximum atomic E-state index is 4.39. The smallest absolute Gasteiger partial charge is 0.0522 e. The average Bonchev–Trinajstić information content (AvgIpc) is 3.06. The third-order valence-electron chi connectivity index (χ3n) is 3.23. The van der Waals surface area contributed by atoms with Gasteiger partial charge >= 0.3 is 0 Å². The predicted octanol–water partition coefficient (Wildman–Crippen LogP) is 2.88. The molecule has 0 saturated heterocycles. The lowest BCUT2D eigenvalue weighted by Gasteiger charge is -2.08. The van der Waals surface area contributed by atoms with Crippen LogP contribution < -0.4 is 5.32 Å². The molecule has 0 unspecified atom stereocenters. The van der Waals surface area contributed by atoms with Crippen molar-refractivity contribution in [2.24, 2.45) is 0 Å². The highest BCUT2D eigenvalue weighted by molar-refractivity contribution is 5.01. The maximum absolute atomic E-state index is 4.39. The van der Waals surface area contributed by atoms with Gasteiger partial charge in [0.25, 0.3) is 0 Å². The van der Waals surface area contributed by atoms with Crippen LogP contribution in [0.2, 0.25) is 0 Å². The van der Waals surface area contributed by atoms with Gasteiger partial charge in [-0.3, -0.25) is 4.68 Å². The number of hydrogen-bond donors (Lipinski definition) is 1. The molecule has 0 radical (unpaired) electrons. The first kappa shape index (κ1) is 12.4. The normalized spacial score (nSPS) is 15.1. The molecule has 1 aromatic rings. The summed E-state index contributed by atoms with van der Waals surface area (Å²) in [6, 6.07) is 2.89. The summed E-state index contributed by atoms with van der Waals surface area (Å²) in [5.41, 5.74) is 1.32. The minimum absolute atomic E-state index is 0.769. The topological polar surface area (TPSA) is 29.9 Å². The van der Waals surface area contributed by atoms with Crippen LogP contribution in [0.5, 0.6) is 0 Å². The summed E-state index contributed by atoms with van der Waals surface area (Å²) in [6.45, 7) is 5.76. The first-order chi connectivity index (χ1) is 8.40. The molecule has 0 atom stereocenters. The Balaban J connectivity index is 1.67. The Morgan fingerprint density at radius 3 is 3.06 bits per heavy atom. The number of allylic oxidation sites excluding steroid dienone is 1. The van der Waals surface area contributed by atoms with Crippen molar-refractivity contribution < 1.29 is 0 Å². The van der Waals surface area contributed by atoms with Gasteiger partial charge in [-0.15, -0.1) is 6.58 Å². The fraction of sp³-hybridized carbons (Fsp3) is 0.643. The molecular weight excluding hydrogens is 210 g/mol. The minimum atomic E-state index is 0.769. The van der Waals surface area contributed by atoms with Gasteiger partial charge in [-0.2, -0.15) is 5.10 Å². The molecule has 1 aliphatic carbocycles. The Labute approximate surface area is 104 Å². The summed E-state index contributed by atoms with van der Waals surface area (Å²) >= 11 is 0. The van der Waals surface area contributed by atoms with Gasteiger partial charge < -0.3 is 5.32 Å². The maximum Gasteiger partial charge on any atom is 0.0522 e. The molecule has 1 N–H and O–H groups in total. The van der Waals surface area contributed by atoms with E-state index in [2.05, 4.69) is 27.7 Å². The SMILES string of the molecule is C=CCCCCCn1nccc1CNC1CC1. The van der Waals surface area contributed by atoms with Crippen LogP contribution in [0, 0.1) is 0 Å². The molecule has 3 nitrogen and oxygen atoms in total. The van der Waals surface area contributed by atoms with Crippen LogP contribution in [-0.4, -0.2) is 15.8 Å². The Hall–Kier alpha value is -1.09. The summed E-state index contributed by atoms with van der Waals surface area (Å²) in [5, 5.41) is 7.92. The molecule has 0 spiro atoms. The van der Waals surface area contributed by atoms with Crippen molar-refractivity contribution in [1.82, 2.24) is 15.1 Å². The number of unbranched alkanes of at least 4 members (excludes halogenated alkanes) is 3. The van der Waals surface area contributed by atoms with Gasteiger partial charge in [0.05, 0.1) is 5.69 Å². The molecule has 0 aliphatic heterocycles. The van der Waals surface area contributed by atoms with Crippen molar-refractivity contribution >= 4 is 0 Å². The number of aryl methyl sites for hydroxylation is 1. The number of aromatic nitrogens is 2. The van der Waals surface area contributed by atoms with E-state index in [-0.39, 0.29) is 0 Å². The van der Waals surface area contributed by atoms with E-state index in [4.69, 9.17) is 0 Å². The van der Waals surface area contributed by atoms with E-state index in [9.17, 15) is 0 Å². The van der Waals surface area contributed by atoms with E-state index in [0.717, 1.165) is 25.6 Å². The zero-order chi connectivity index (χ0) is 11.9. The third-order valence-corrected chi connectivity index (χ3v) is 3.23. The number of nitrogens with zero attached hydrogens (tertiary/aromatic N) is 2. The first-order valence-corrected chi connectivity index (χ1v) is 6.75. The second-order valence-electron chi connectivity index (χ2n) is 4.84. The van der Waals surface area contributed by atoms with E-state index in [1.165, 1.54) is 37.8 Å². The molecule has 94 valence electrons. The predicted molar refractivity (Wildman–Crippen MR) is 70.8 cm³/mol. The molecule has 17 heavy (non-hydrogen) atoms. The fourth-order valence-electron chi connectivity index (χ4n) is 1.97. The molecule has 1 aromatic heterocycles. The van der Waals surface area contributed by atoms with Crippen LogP contribution in [0.15, 0.2) is 24.9 Å². The largest absolute Gasteiger partial charge is 0.308 e. The molecule has 0 amide bonds. The van der Waals surface area contributed by atoms with Crippen molar-refractivity contribution in [1.29, 1.82) is 0 Å². The van der Waals surface area contributed by atoms with Gasteiger partial charge in [-0.25, -0.2) is 0 Å². The highest BCUT2D eigenvalue weighted by Crippen LogP contribution is 2.19. The van der Waals surface area contributed by atoms with E-state index >= 15 is 0 Å². The van der Waals surface area contributed by atoms with E-state index in [1.54, 1.807) is 0 Å². The van der Waals surface area contributed by atoms with Crippen molar-refractivity contribution in [3.8, 4) is 0 Å². The molecule has 1 fully saturated rings. The summed E-state index contributed by atoms with van der Waals surface area (Å²) in [4.78, 5) is 0. The Morgan fingerprint density at radius 1 is 1.41 bits per heavy atom. The van der Waals surface area contributed by atoms with Gasteiger partial charge in [0.15, 0.2) is 0 Å². The summed E-state index contributed by atoms with van der Waals surface area (Å²) < 4.78 is 2.14.